The number of allylic oxidation sites excluding steroid dienone is 1. The van der Waals surface area contributed by atoms with Gasteiger partial charge in [0.25, 0.3) is 0 Å². The summed E-state index contributed by atoms with van der Waals surface area (Å²) in [6, 6.07) is 0. The first-order valence-corrected chi connectivity index (χ1v) is 33.4. The van der Waals surface area contributed by atoms with Gasteiger partial charge in [-0.1, -0.05) is 39.3 Å². The number of fused-ring (bicyclic) bond motifs is 7. The average molecular weight is 1360 g/mol. The van der Waals surface area contributed by atoms with Gasteiger partial charge in [0.2, 0.25) is 0 Å². The minimum Gasteiger partial charge on any atom is -0.394 e. The van der Waals surface area contributed by atoms with E-state index in [9.17, 15) is 97.0 Å². The van der Waals surface area contributed by atoms with Gasteiger partial charge in [-0.3, -0.25) is 0 Å². The molecule has 4 aliphatic carbocycles. The molecule has 32 heteroatoms. The SMILES string of the molecule is C[C@H](CC[C@@]1(O)O[C@H]2C[C@H]3[C@@H]4CC=C5C[C@@H](O[C@@H]6O[C@H](CO)[C@@H](O[C@@H]7O[C@H](CO)[C@@H](O)[C@H](O[C@@H]8O[C@H](CO)[C@@H](O[C@@H]9OC[C@@H](O)[C@H](O)[C@H]9O)[C@H](O)[C@H]8O)[C@H]7O)[C@H](O)[C@H]6O[C@@H]6O[C@@H](C)[C@H](O)[C@@H](O)[C@H]6O)CC[C@]5(C)[C@H]4CC[C@]3(C)[C@H]2[C@@H]1C)CO[C@@H]1O[C@H](CO)[C@@H](O)[C@H](O)[C@H]1O. The Morgan fingerprint density at radius 2 is 1.09 bits per heavy atom. The fourth-order valence-electron chi connectivity index (χ4n) is 17.7. The van der Waals surface area contributed by atoms with Crippen LogP contribution in [0.4, 0.5) is 0 Å². The number of hydrogen-bond donors (Lipinski definition) is 19. The molecule has 94 heavy (non-hydrogen) atoms. The third-order valence-electron chi connectivity index (χ3n) is 23.3. The highest BCUT2D eigenvalue weighted by Gasteiger charge is 2.68. The van der Waals surface area contributed by atoms with Gasteiger partial charge >= 0.3 is 0 Å². The summed E-state index contributed by atoms with van der Waals surface area (Å²) in [7, 11) is 0. The monoisotopic (exact) mass is 1360 g/mol. The molecule has 32 nitrogen and oxygen atoms in total. The fraction of sp³-hybridized carbons (Fsp3) is 0.968. The molecule has 7 saturated heterocycles. The van der Waals surface area contributed by atoms with Crippen LogP contribution in [0.25, 0.3) is 0 Å². The van der Waals surface area contributed by atoms with E-state index in [1.807, 2.05) is 6.92 Å². The molecular formula is C62H102O32. The summed E-state index contributed by atoms with van der Waals surface area (Å²) in [5, 5.41) is 206. The standard InChI is InChI=1S/C62H102O32/c1-22(20-82-54-45(76)42(73)39(70)32(16-63)86-54)8-13-62(81)23(2)36-31(94-62)15-29-27-7-6-25-14-26(9-11-60(25,4)28(27)10-12-61(29,36)5)85-59-53(93-56-46(77)41(72)37(68)24(3)84-56)48(79)51(35(19-66)89-59)91-58-49(80)52(40(71)33(17-64)87-58)92-57-47(78)43(74)50(34(18-65)88-57)90-55-44(75)38(69)30(67)21-83-55/h6,22-24,26-59,63-81H,7-21H2,1-5H3/t22-,23+,24+,26+,27-,28+,29+,30-,31+,32-,33-,34-,35-,36+,37+,38+,39-,40-,41-,42+,43-,44-,45-,46-,47-,48+,49-,50-,51-,52+,53-,54-,55+,56+,57+,58+,59-,60+,61+,62-/m1/s1. The van der Waals surface area contributed by atoms with E-state index in [1.54, 1.807) is 0 Å². The molecule has 0 aromatic carbocycles. The van der Waals surface area contributed by atoms with Crippen molar-refractivity contribution in [2.75, 3.05) is 39.6 Å². The van der Waals surface area contributed by atoms with Crippen LogP contribution in [0.15, 0.2) is 11.6 Å². The second-order valence-electron chi connectivity index (χ2n) is 29.0. The van der Waals surface area contributed by atoms with E-state index in [0.29, 0.717) is 49.9 Å². The average Bonchev–Trinajstić information content (AvgIpc) is 1.50. The van der Waals surface area contributed by atoms with E-state index in [1.165, 1.54) is 12.5 Å². The Morgan fingerprint density at radius 1 is 0.532 bits per heavy atom. The van der Waals surface area contributed by atoms with Gasteiger partial charge in [0.1, 0.15) is 134 Å². The molecule has 0 aromatic rings. The summed E-state index contributed by atoms with van der Waals surface area (Å²) in [6.45, 7) is 6.42. The third kappa shape index (κ3) is 13.6. The Morgan fingerprint density at radius 3 is 1.78 bits per heavy atom. The van der Waals surface area contributed by atoms with Crippen LogP contribution >= 0.6 is 0 Å². The lowest BCUT2D eigenvalue weighted by molar-refractivity contribution is -0.399. The lowest BCUT2D eigenvalue weighted by atomic mass is 9.47. The predicted octanol–water partition coefficient (Wildman–Crippen LogP) is -6.72. The highest BCUT2D eigenvalue weighted by molar-refractivity contribution is 5.26. The first-order chi connectivity index (χ1) is 44.5. The zero-order chi connectivity index (χ0) is 67.9. The first kappa shape index (κ1) is 73.7. The van der Waals surface area contributed by atoms with Crippen molar-refractivity contribution < 1.29 is 159 Å². The maximum atomic E-state index is 12.5. The van der Waals surface area contributed by atoms with Crippen LogP contribution in [0.2, 0.25) is 0 Å². The smallest absolute Gasteiger partial charge is 0.187 e. The lowest BCUT2D eigenvalue weighted by Gasteiger charge is -2.58. The van der Waals surface area contributed by atoms with Crippen LogP contribution in [0.1, 0.15) is 92.4 Å². The molecule has 0 radical (unpaired) electrons. The maximum absolute atomic E-state index is 12.5. The van der Waals surface area contributed by atoms with E-state index in [-0.39, 0.29) is 41.3 Å². The van der Waals surface area contributed by atoms with Gasteiger partial charge < -0.3 is 159 Å². The van der Waals surface area contributed by atoms with Gasteiger partial charge in [0.15, 0.2) is 43.5 Å². The van der Waals surface area contributed by atoms with Crippen LogP contribution in [-0.4, -0.2) is 333 Å². The fourth-order valence-corrected chi connectivity index (χ4v) is 17.7. The quantitative estimate of drug-likeness (QED) is 0.0504. The van der Waals surface area contributed by atoms with Crippen LogP contribution in [0, 0.1) is 46.3 Å². The van der Waals surface area contributed by atoms with Crippen LogP contribution in [0.3, 0.4) is 0 Å². The molecule has 0 unspecified atom stereocenters. The van der Waals surface area contributed by atoms with Crippen LogP contribution in [-0.2, 0) is 61.6 Å². The molecule has 40 atom stereocenters. The minimum atomic E-state index is -2.12. The number of ether oxygens (including phenoxy) is 13. The molecule has 3 saturated carbocycles. The normalized spacial score (nSPS) is 54.9. The summed E-state index contributed by atoms with van der Waals surface area (Å²) < 4.78 is 77.8. The van der Waals surface area contributed by atoms with Crippen LogP contribution < -0.4 is 0 Å². The van der Waals surface area contributed by atoms with Gasteiger partial charge in [0.05, 0.1) is 58.0 Å². The topological polar surface area (TPSA) is 504 Å². The molecule has 0 bridgehead atoms. The summed E-state index contributed by atoms with van der Waals surface area (Å²) in [5.41, 5.74) is 0.813. The molecule has 10 fully saturated rings. The summed E-state index contributed by atoms with van der Waals surface area (Å²) in [4.78, 5) is 0. The molecule has 7 aliphatic heterocycles. The summed E-state index contributed by atoms with van der Waals surface area (Å²) in [5.74, 6) is -0.680. The van der Waals surface area contributed by atoms with Crippen molar-refractivity contribution in [3.8, 4) is 0 Å². The minimum absolute atomic E-state index is 0.0927. The molecule has 11 aliphatic rings. The van der Waals surface area contributed by atoms with Gasteiger partial charge in [-0.05, 0) is 98.7 Å². The Kier molecular flexibility index (Phi) is 23.1. The lowest BCUT2D eigenvalue weighted by Crippen LogP contribution is -2.68. The second-order valence-corrected chi connectivity index (χ2v) is 29.0. The molecule has 0 aromatic heterocycles. The van der Waals surface area contributed by atoms with Crippen molar-refractivity contribution in [3.63, 3.8) is 0 Å². The molecule has 542 valence electrons. The Bertz CT molecular complexity index is 2510. The largest absolute Gasteiger partial charge is 0.394 e. The maximum Gasteiger partial charge on any atom is 0.187 e. The van der Waals surface area contributed by atoms with Gasteiger partial charge in [-0.2, -0.15) is 0 Å². The highest BCUT2D eigenvalue weighted by atomic mass is 16.8. The molecule has 0 amide bonds. The number of aliphatic hydroxyl groups excluding tert-OH is 18. The van der Waals surface area contributed by atoms with Crippen LogP contribution in [0.5, 0.6) is 0 Å². The van der Waals surface area contributed by atoms with Crippen molar-refractivity contribution in [1.29, 1.82) is 0 Å². The highest BCUT2D eigenvalue weighted by Crippen LogP contribution is 2.70. The zero-order valence-corrected chi connectivity index (χ0v) is 53.4. The van der Waals surface area contributed by atoms with Gasteiger partial charge in [-0.25, -0.2) is 0 Å². The molecule has 19 N–H and O–H groups in total. The molecular weight excluding hydrogens is 1260 g/mol. The van der Waals surface area contributed by atoms with E-state index in [4.69, 9.17) is 61.6 Å². The van der Waals surface area contributed by atoms with Crippen molar-refractivity contribution in [1.82, 2.24) is 0 Å². The number of rotatable bonds is 20. The predicted molar refractivity (Wildman–Crippen MR) is 309 cm³/mol. The van der Waals surface area contributed by atoms with Gasteiger partial charge in [0, 0.05) is 12.3 Å². The zero-order valence-electron chi connectivity index (χ0n) is 53.4. The van der Waals surface area contributed by atoms with Crippen molar-refractivity contribution in [2.45, 2.75) is 289 Å². The third-order valence-corrected chi connectivity index (χ3v) is 23.3. The summed E-state index contributed by atoms with van der Waals surface area (Å²) >= 11 is 0. The molecule has 7 heterocycles. The number of hydrogen-bond acceptors (Lipinski definition) is 32. The Hall–Kier alpha value is -1.54. The van der Waals surface area contributed by atoms with Crippen molar-refractivity contribution >= 4 is 0 Å². The van der Waals surface area contributed by atoms with Crippen molar-refractivity contribution in [2.24, 2.45) is 46.3 Å². The second kappa shape index (κ2) is 29.4. The Labute approximate surface area is 543 Å². The Balaban J connectivity index is 0.746. The molecule has 11 rings (SSSR count). The van der Waals surface area contributed by atoms with Crippen molar-refractivity contribution in [3.05, 3.63) is 11.6 Å². The van der Waals surface area contributed by atoms with Gasteiger partial charge in [-0.15, -0.1) is 0 Å². The van der Waals surface area contributed by atoms with E-state index in [0.717, 1.165) is 25.7 Å². The molecule has 0 spiro atoms. The number of aliphatic hydroxyl groups is 19. The van der Waals surface area contributed by atoms with E-state index in [2.05, 4.69) is 26.8 Å². The van der Waals surface area contributed by atoms with E-state index < -0.39 is 223 Å². The van der Waals surface area contributed by atoms with E-state index >= 15 is 0 Å². The first-order valence-electron chi connectivity index (χ1n) is 33.4. The summed E-state index contributed by atoms with van der Waals surface area (Å²) in [6.07, 6.45) is -41.5.